The lowest BCUT2D eigenvalue weighted by atomic mass is 10.0. The Morgan fingerprint density at radius 1 is 1.15 bits per heavy atom. The number of aromatic nitrogens is 2. The number of carbonyl (C=O) groups is 1. The van der Waals surface area contributed by atoms with Crippen LogP contribution in [0.2, 0.25) is 5.02 Å². The molecule has 1 aromatic heterocycles. The molecular weight excluding hydrogens is 459 g/mol. The summed E-state index contributed by atoms with van der Waals surface area (Å²) in [5.41, 5.74) is -0.146. The van der Waals surface area contributed by atoms with E-state index in [1.807, 2.05) is 0 Å². The number of hydrogen-bond acceptors (Lipinski definition) is 4. The van der Waals surface area contributed by atoms with Gasteiger partial charge in [-0.3, -0.25) is 4.79 Å². The number of hydrogen-bond donors (Lipinski definition) is 1. The lowest BCUT2D eigenvalue weighted by Crippen LogP contribution is -2.29. The van der Waals surface area contributed by atoms with Crippen LogP contribution in [-0.4, -0.2) is 29.7 Å². The van der Waals surface area contributed by atoms with Crippen molar-refractivity contribution in [1.29, 1.82) is 0 Å². The third kappa shape index (κ3) is 5.87. The molecule has 6 nitrogen and oxygen atoms in total. The molecule has 1 N–H and O–H groups in total. The minimum absolute atomic E-state index is 0.179. The standard InChI is InChI=1S/C23H21ClF3N3O3/c1-30-9-8-28-22(30)21(15-11-16(32-2)13-17(12-15)33-3)29-20(31)7-5-14-4-6-19(24)18(10-14)23(25,26)27/h4-13,21H,1-3H3,(H,29,31)/b7-5+. The van der Waals surface area contributed by atoms with Crippen LogP contribution in [0, 0.1) is 0 Å². The summed E-state index contributed by atoms with van der Waals surface area (Å²) >= 11 is 5.65. The number of amides is 1. The van der Waals surface area contributed by atoms with Crippen molar-refractivity contribution in [2.75, 3.05) is 14.2 Å². The summed E-state index contributed by atoms with van der Waals surface area (Å²) in [6, 6.07) is 7.91. The molecule has 0 bridgehead atoms. The van der Waals surface area contributed by atoms with Crippen LogP contribution in [0.25, 0.3) is 6.08 Å². The highest BCUT2D eigenvalue weighted by Crippen LogP contribution is 2.35. The van der Waals surface area contributed by atoms with Gasteiger partial charge in [-0.05, 0) is 41.5 Å². The van der Waals surface area contributed by atoms with E-state index >= 15 is 0 Å². The highest BCUT2D eigenvalue weighted by Gasteiger charge is 2.33. The van der Waals surface area contributed by atoms with Gasteiger partial charge in [0.2, 0.25) is 5.91 Å². The van der Waals surface area contributed by atoms with Crippen LogP contribution in [0.15, 0.2) is 54.9 Å². The largest absolute Gasteiger partial charge is 0.497 e. The third-order valence-corrected chi connectivity index (χ3v) is 5.16. The Morgan fingerprint density at radius 3 is 2.36 bits per heavy atom. The van der Waals surface area contributed by atoms with E-state index in [2.05, 4.69) is 10.3 Å². The summed E-state index contributed by atoms with van der Waals surface area (Å²) in [6.07, 6.45) is 1.15. The Kier molecular flexibility index (Phi) is 7.33. The molecule has 1 unspecified atom stereocenters. The molecule has 3 rings (SSSR count). The number of aryl methyl sites for hydroxylation is 1. The highest BCUT2D eigenvalue weighted by molar-refractivity contribution is 6.31. The second-order valence-electron chi connectivity index (χ2n) is 7.05. The zero-order chi connectivity index (χ0) is 24.2. The van der Waals surface area contributed by atoms with Gasteiger partial charge in [0.25, 0.3) is 0 Å². The fraction of sp³-hybridized carbons (Fsp3) is 0.217. The summed E-state index contributed by atoms with van der Waals surface area (Å²) in [4.78, 5) is 17.0. The van der Waals surface area contributed by atoms with Crippen LogP contribution < -0.4 is 14.8 Å². The van der Waals surface area contributed by atoms with Crippen molar-refractivity contribution < 1.29 is 27.4 Å². The van der Waals surface area contributed by atoms with Crippen LogP contribution in [0.5, 0.6) is 11.5 Å². The minimum atomic E-state index is -4.60. The molecule has 0 aliphatic carbocycles. The first-order valence-electron chi connectivity index (χ1n) is 9.68. The fourth-order valence-electron chi connectivity index (χ4n) is 3.17. The van der Waals surface area contributed by atoms with Crippen LogP contribution in [0.3, 0.4) is 0 Å². The molecule has 10 heteroatoms. The van der Waals surface area contributed by atoms with Gasteiger partial charge in [0.1, 0.15) is 23.4 Å². The Hall–Kier alpha value is -3.46. The molecule has 0 saturated heterocycles. The van der Waals surface area contributed by atoms with Crippen molar-refractivity contribution in [3.63, 3.8) is 0 Å². The number of benzene rings is 2. The first-order chi connectivity index (χ1) is 15.6. The first-order valence-corrected chi connectivity index (χ1v) is 10.1. The molecule has 0 radical (unpaired) electrons. The summed E-state index contributed by atoms with van der Waals surface area (Å²) in [5, 5.41) is 2.43. The number of rotatable bonds is 7. The van der Waals surface area contributed by atoms with E-state index < -0.39 is 28.7 Å². The van der Waals surface area contributed by atoms with Crippen molar-refractivity contribution in [3.8, 4) is 11.5 Å². The SMILES string of the molecule is COc1cc(OC)cc(C(NC(=O)/C=C/c2ccc(Cl)c(C(F)(F)F)c2)c2nccn2C)c1. The van der Waals surface area contributed by atoms with Crippen molar-refractivity contribution in [3.05, 3.63) is 82.4 Å². The Balaban J connectivity index is 1.90. The summed E-state index contributed by atoms with van der Waals surface area (Å²) in [5.74, 6) is 1.05. The van der Waals surface area contributed by atoms with Crippen LogP contribution in [0.4, 0.5) is 13.2 Å². The predicted molar refractivity (Wildman–Crippen MR) is 118 cm³/mol. The van der Waals surface area contributed by atoms with E-state index in [4.69, 9.17) is 21.1 Å². The average molecular weight is 480 g/mol. The van der Waals surface area contributed by atoms with Gasteiger partial charge in [-0.1, -0.05) is 17.7 Å². The number of methoxy groups -OCH3 is 2. The Labute approximate surface area is 193 Å². The van der Waals surface area contributed by atoms with E-state index in [1.54, 1.807) is 42.2 Å². The van der Waals surface area contributed by atoms with Gasteiger partial charge in [-0.15, -0.1) is 0 Å². The molecule has 0 saturated carbocycles. The topological polar surface area (TPSA) is 65.4 Å². The molecular formula is C23H21ClF3N3O3. The molecule has 0 fully saturated rings. The van der Waals surface area contributed by atoms with Crippen molar-refractivity contribution >= 4 is 23.6 Å². The monoisotopic (exact) mass is 479 g/mol. The second-order valence-corrected chi connectivity index (χ2v) is 7.46. The van der Waals surface area contributed by atoms with Gasteiger partial charge in [0.15, 0.2) is 0 Å². The van der Waals surface area contributed by atoms with E-state index in [-0.39, 0.29) is 5.56 Å². The van der Waals surface area contributed by atoms with Crippen molar-refractivity contribution in [2.24, 2.45) is 7.05 Å². The van der Waals surface area contributed by atoms with E-state index in [0.717, 1.165) is 18.2 Å². The average Bonchev–Trinajstić information content (AvgIpc) is 3.21. The lowest BCUT2D eigenvalue weighted by Gasteiger charge is -2.20. The predicted octanol–water partition coefficient (Wildman–Crippen LogP) is 5.03. The fourth-order valence-corrected chi connectivity index (χ4v) is 3.40. The Morgan fingerprint density at radius 2 is 1.82 bits per heavy atom. The number of carbonyl (C=O) groups excluding carboxylic acids is 1. The summed E-state index contributed by atoms with van der Waals surface area (Å²) in [6.45, 7) is 0. The van der Waals surface area contributed by atoms with Crippen molar-refractivity contribution in [1.82, 2.24) is 14.9 Å². The van der Waals surface area contributed by atoms with Gasteiger partial charge < -0.3 is 19.4 Å². The normalized spacial score (nSPS) is 12.6. The maximum Gasteiger partial charge on any atom is 0.417 e. The molecule has 33 heavy (non-hydrogen) atoms. The second kappa shape index (κ2) is 9.99. The van der Waals surface area contributed by atoms with Gasteiger partial charge in [0, 0.05) is 31.6 Å². The zero-order valence-corrected chi connectivity index (χ0v) is 18.7. The maximum atomic E-state index is 13.1. The molecule has 0 aliphatic rings. The van der Waals surface area contributed by atoms with Gasteiger partial charge in [-0.25, -0.2) is 4.98 Å². The number of nitrogens with one attached hydrogen (secondary N) is 1. The van der Waals surface area contributed by atoms with Crippen molar-refractivity contribution in [2.45, 2.75) is 12.2 Å². The first kappa shape index (κ1) is 24.2. The lowest BCUT2D eigenvalue weighted by molar-refractivity contribution is -0.137. The molecule has 1 heterocycles. The van der Waals surface area contributed by atoms with Crippen LogP contribution in [0.1, 0.15) is 28.6 Å². The van der Waals surface area contributed by atoms with Gasteiger partial charge >= 0.3 is 6.18 Å². The van der Waals surface area contributed by atoms with E-state index in [0.29, 0.717) is 22.9 Å². The molecule has 2 aromatic carbocycles. The van der Waals surface area contributed by atoms with Crippen LogP contribution in [-0.2, 0) is 18.0 Å². The zero-order valence-electron chi connectivity index (χ0n) is 18.0. The number of ether oxygens (including phenoxy) is 2. The maximum absolute atomic E-state index is 13.1. The molecule has 174 valence electrons. The molecule has 1 amide bonds. The minimum Gasteiger partial charge on any atom is -0.497 e. The molecule has 3 aromatic rings. The van der Waals surface area contributed by atoms with E-state index in [1.165, 1.54) is 26.4 Å². The smallest absolute Gasteiger partial charge is 0.417 e. The van der Waals surface area contributed by atoms with Crippen LogP contribution >= 0.6 is 11.6 Å². The summed E-state index contributed by atoms with van der Waals surface area (Å²) in [7, 11) is 4.80. The number of alkyl halides is 3. The third-order valence-electron chi connectivity index (χ3n) is 4.83. The molecule has 0 spiro atoms. The molecule has 1 atom stereocenters. The van der Waals surface area contributed by atoms with Gasteiger partial charge in [-0.2, -0.15) is 13.2 Å². The molecule has 0 aliphatic heterocycles. The quantitative estimate of drug-likeness (QED) is 0.483. The van der Waals surface area contributed by atoms with Gasteiger partial charge in [0.05, 0.1) is 24.8 Å². The number of halogens is 4. The number of imidazole rings is 1. The summed E-state index contributed by atoms with van der Waals surface area (Å²) < 4.78 is 51.6. The van der Waals surface area contributed by atoms with E-state index in [9.17, 15) is 18.0 Å². The Bertz CT molecular complexity index is 1150. The highest BCUT2D eigenvalue weighted by atomic mass is 35.5. The number of nitrogens with zero attached hydrogens (tertiary/aromatic N) is 2.